The first-order valence-corrected chi connectivity index (χ1v) is 8.55. The van der Waals surface area contributed by atoms with Crippen molar-refractivity contribution in [3.05, 3.63) is 35.4 Å². The van der Waals surface area contributed by atoms with Gasteiger partial charge in [0.15, 0.2) is 9.84 Å². The summed E-state index contributed by atoms with van der Waals surface area (Å²) in [6, 6.07) is 8.28. The Balaban J connectivity index is 1.85. The minimum absolute atomic E-state index is 0.0364. The van der Waals surface area contributed by atoms with Crippen molar-refractivity contribution in [2.45, 2.75) is 19.4 Å². The first-order valence-electron chi connectivity index (χ1n) is 6.73. The molecule has 0 saturated carbocycles. The number of hydrogen-bond acceptors (Lipinski definition) is 4. The highest BCUT2D eigenvalue weighted by atomic mass is 32.2. The molecule has 0 aliphatic carbocycles. The molecule has 1 aliphatic rings. The summed E-state index contributed by atoms with van der Waals surface area (Å²) in [5.74, 6) is 0.398. The summed E-state index contributed by atoms with van der Waals surface area (Å²) >= 11 is 0. The van der Waals surface area contributed by atoms with Crippen LogP contribution < -0.4 is 5.32 Å². The highest BCUT2D eigenvalue weighted by molar-refractivity contribution is 7.91. The lowest BCUT2D eigenvalue weighted by molar-refractivity contribution is 0.0429. The molecule has 1 N–H and O–H groups in total. The van der Waals surface area contributed by atoms with Gasteiger partial charge in [-0.05, 0) is 17.5 Å². The summed E-state index contributed by atoms with van der Waals surface area (Å²) in [4.78, 5) is 0. The zero-order chi connectivity index (χ0) is 13.7. The molecule has 5 heteroatoms. The van der Waals surface area contributed by atoms with Crippen LogP contribution >= 0.6 is 0 Å². The van der Waals surface area contributed by atoms with E-state index in [2.05, 4.69) is 17.4 Å². The van der Waals surface area contributed by atoms with E-state index in [-0.39, 0.29) is 17.6 Å². The molecule has 0 saturated heterocycles. The molecular weight excluding hydrogens is 262 g/mol. The summed E-state index contributed by atoms with van der Waals surface area (Å²) in [6.45, 7) is 3.56. The second-order valence-corrected chi connectivity index (χ2v) is 7.22. The van der Waals surface area contributed by atoms with Gasteiger partial charge in [0.25, 0.3) is 0 Å². The predicted molar refractivity (Wildman–Crippen MR) is 76.0 cm³/mol. The summed E-state index contributed by atoms with van der Waals surface area (Å²) < 4.78 is 28.5. The van der Waals surface area contributed by atoms with E-state index in [4.69, 9.17) is 4.74 Å². The standard InChI is InChI=1S/C14H21NO3S/c1-2-19(16,17)10-8-15-11-14-13-6-4-3-5-12(13)7-9-18-14/h3-6,14-15H,2,7-11H2,1H3. The van der Waals surface area contributed by atoms with Crippen LogP contribution in [0, 0.1) is 0 Å². The fraction of sp³-hybridized carbons (Fsp3) is 0.571. The molecule has 4 nitrogen and oxygen atoms in total. The first-order chi connectivity index (χ1) is 9.12. The van der Waals surface area contributed by atoms with Crippen LogP contribution in [0.1, 0.15) is 24.2 Å². The van der Waals surface area contributed by atoms with Crippen molar-refractivity contribution in [1.29, 1.82) is 0 Å². The van der Waals surface area contributed by atoms with E-state index in [9.17, 15) is 8.42 Å². The van der Waals surface area contributed by atoms with Gasteiger partial charge < -0.3 is 10.1 Å². The van der Waals surface area contributed by atoms with Crippen molar-refractivity contribution in [1.82, 2.24) is 5.32 Å². The predicted octanol–water partition coefficient (Wildman–Crippen LogP) is 1.32. The Bertz CT molecular complexity index is 513. The molecule has 1 aromatic carbocycles. The minimum atomic E-state index is -2.89. The minimum Gasteiger partial charge on any atom is -0.372 e. The zero-order valence-corrected chi connectivity index (χ0v) is 12.1. The normalized spacial score (nSPS) is 19.1. The van der Waals surface area contributed by atoms with Gasteiger partial charge in [-0.25, -0.2) is 8.42 Å². The van der Waals surface area contributed by atoms with Crippen LogP contribution in [0.3, 0.4) is 0 Å². The van der Waals surface area contributed by atoms with Crippen molar-refractivity contribution in [2.75, 3.05) is 31.2 Å². The van der Waals surface area contributed by atoms with Gasteiger partial charge in [-0.2, -0.15) is 0 Å². The number of rotatable bonds is 6. The summed E-state index contributed by atoms with van der Waals surface area (Å²) in [6.07, 6.45) is 0.992. The smallest absolute Gasteiger partial charge is 0.151 e. The lowest BCUT2D eigenvalue weighted by atomic mass is 9.98. The molecular formula is C14H21NO3S. The Hall–Kier alpha value is -0.910. The maximum absolute atomic E-state index is 11.4. The molecule has 1 atom stereocenters. The molecule has 19 heavy (non-hydrogen) atoms. The van der Waals surface area contributed by atoms with Crippen LogP contribution in [0.5, 0.6) is 0 Å². The molecule has 0 amide bonds. The maximum Gasteiger partial charge on any atom is 0.151 e. The second kappa shape index (κ2) is 6.50. The molecule has 1 unspecified atom stereocenters. The molecule has 0 fully saturated rings. The fourth-order valence-electron chi connectivity index (χ4n) is 2.25. The van der Waals surface area contributed by atoms with E-state index in [1.807, 2.05) is 12.1 Å². The molecule has 0 spiro atoms. The van der Waals surface area contributed by atoms with E-state index in [0.29, 0.717) is 13.1 Å². The van der Waals surface area contributed by atoms with Gasteiger partial charge in [0.05, 0.1) is 18.5 Å². The number of nitrogens with one attached hydrogen (secondary N) is 1. The maximum atomic E-state index is 11.4. The number of ether oxygens (including phenoxy) is 1. The van der Waals surface area contributed by atoms with Crippen molar-refractivity contribution in [3.63, 3.8) is 0 Å². The highest BCUT2D eigenvalue weighted by Crippen LogP contribution is 2.25. The van der Waals surface area contributed by atoms with Crippen LogP contribution in [0.25, 0.3) is 0 Å². The quantitative estimate of drug-likeness (QED) is 0.800. The molecule has 2 rings (SSSR count). The van der Waals surface area contributed by atoms with Crippen LogP contribution in [0.4, 0.5) is 0 Å². The molecule has 0 aromatic heterocycles. The van der Waals surface area contributed by atoms with Crippen LogP contribution in [0.2, 0.25) is 0 Å². The Kier molecular flexibility index (Phi) is 4.96. The fourth-order valence-corrected chi connectivity index (χ4v) is 2.99. The third-order valence-electron chi connectivity index (χ3n) is 3.45. The van der Waals surface area contributed by atoms with Gasteiger partial charge in [0.2, 0.25) is 0 Å². The summed E-state index contributed by atoms with van der Waals surface area (Å²) in [7, 11) is -2.89. The summed E-state index contributed by atoms with van der Waals surface area (Å²) in [5.41, 5.74) is 2.56. The average molecular weight is 283 g/mol. The Morgan fingerprint density at radius 1 is 1.37 bits per heavy atom. The third-order valence-corrected chi connectivity index (χ3v) is 5.16. The van der Waals surface area contributed by atoms with E-state index in [1.54, 1.807) is 6.92 Å². The van der Waals surface area contributed by atoms with Gasteiger partial charge >= 0.3 is 0 Å². The van der Waals surface area contributed by atoms with Crippen molar-refractivity contribution in [3.8, 4) is 0 Å². The Morgan fingerprint density at radius 2 is 2.16 bits per heavy atom. The van der Waals surface area contributed by atoms with Crippen LogP contribution in [-0.4, -0.2) is 39.6 Å². The molecule has 1 heterocycles. The van der Waals surface area contributed by atoms with Crippen LogP contribution in [-0.2, 0) is 21.0 Å². The van der Waals surface area contributed by atoms with E-state index >= 15 is 0 Å². The lowest BCUT2D eigenvalue weighted by Gasteiger charge is -2.26. The van der Waals surface area contributed by atoms with E-state index in [0.717, 1.165) is 13.0 Å². The highest BCUT2D eigenvalue weighted by Gasteiger charge is 2.19. The molecule has 106 valence electrons. The SMILES string of the molecule is CCS(=O)(=O)CCNCC1OCCc2ccccc21. The Morgan fingerprint density at radius 3 is 2.95 bits per heavy atom. The first kappa shape index (κ1) is 14.5. The van der Waals surface area contributed by atoms with Crippen molar-refractivity contribution in [2.24, 2.45) is 0 Å². The van der Waals surface area contributed by atoms with Gasteiger partial charge in [-0.1, -0.05) is 31.2 Å². The van der Waals surface area contributed by atoms with Gasteiger partial charge in [-0.15, -0.1) is 0 Å². The summed E-state index contributed by atoms with van der Waals surface area (Å²) in [5, 5.41) is 3.18. The van der Waals surface area contributed by atoms with Gasteiger partial charge in [-0.3, -0.25) is 0 Å². The molecule has 0 bridgehead atoms. The van der Waals surface area contributed by atoms with E-state index in [1.165, 1.54) is 11.1 Å². The van der Waals surface area contributed by atoms with Crippen molar-refractivity contribution < 1.29 is 13.2 Å². The lowest BCUT2D eigenvalue weighted by Crippen LogP contribution is -2.31. The van der Waals surface area contributed by atoms with Crippen molar-refractivity contribution >= 4 is 9.84 Å². The number of sulfone groups is 1. The van der Waals surface area contributed by atoms with Crippen LogP contribution in [0.15, 0.2) is 24.3 Å². The van der Waals surface area contributed by atoms with Gasteiger partial charge in [0, 0.05) is 18.8 Å². The topological polar surface area (TPSA) is 55.4 Å². The second-order valence-electron chi connectivity index (χ2n) is 4.75. The van der Waals surface area contributed by atoms with Gasteiger partial charge in [0.1, 0.15) is 0 Å². The molecule has 0 radical (unpaired) electrons. The number of hydrogen-bond donors (Lipinski definition) is 1. The molecule has 1 aromatic rings. The zero-order valence-electron chi connectivity index (χ0n) is 11.3. The van der Waals surface area contributed by atoms with E-state index < -0.39 is 9.84 Å². The molecule has 1 aliphatic heterocycles. The largest absolute Gasteiger partial charge is 0.372 e. The monoisotopic (exact) mass is 283 g/mol. The number of fused-ring (bicyclic) bond motifs is 1. The Labute approximate surface area is 115 Å². The third kappa shape index (κ3) is 4.03. The number of benzene rings is 1. The average Bonchev–Trinajstić information content (AvgIpc) is 2.44.